The summed E-state index contributed by atoms with van der Waals surface area (Å²) in [6.07, 6.45) is -2.64. The zero-order chi connectivity index (χ0) is 25.0. The average molecular weight is 469 g/mol. The fraction of sp³-hybridized carbons (Fsp3) is 0.400. The first-order valence-corrected chi connectivity index (χ1v) is 11.0. The van der Waals surface area contributed by atoms with Crippen LogP contribution in [0, 0.1) is 20.8 Å². The van der Waals surface area contributed by atoms with Crippen molar-refractivity contribution in [3.63, 3.8) is 0 Å². The zero-order valence-corrected chi connectivity index (χ0v) is 20.2. The number of ether oxygens (including phenoxy) is 1. The highest BCUT2D eigenvalue weighted by molar-refractivity contribution is 5.78. The number of carbonyl (C=O) groups excluding carboxylic acids is 1. The Hall–Kier alpha value is -3.27. The number of amides is 1. The van der Waals surface area contributed by atoms with E-state index >= 15 is 0 Å². The molecule has 0 aliphatic rings. The number of hydrogen-bond donors (Lipinski definition) is 3. The van der Waals surface area contributed by atoms with E-state index in [0.717, 1.165) is 34.4 Å². The van der Waals surface area contributed by atoms with Crippen molar-refractivity contribution in [3.05, 3.63) is 52.6 Å². The van der Waals surface area contributed by atoms with E-state index in [0.29, 0.717) is 17.5 Å². The number of aliphatic hydroxyl groups is 2. The summed E-state index contributed by atoms with van der Waals surface area (Å²) in [5.74, 6) is 0.635. The molecular weight excluding hydrogens is 436 g/mol. The third-order valence-corrected chi connectivity index (χ3v) is 5.46. The van der Waals surface area contributed by atoms with Crippen molar-refractivity contribution in [2.24, 2.45) is 5.73 Å². The number of aryl methyl sites for hydroxylation is 3. The molecule has 4 N–H and O–H groups in total. The van der Waals surface area contributed by atoms with Crippen LogP contribution in [0.3, 0.4) is 0 Å². The van der Waals surface area contributed by atoms with E-state index in [1.165, 1.54) is 5.56 Å². The Morgan fingerprint density at radius 1 is 1.09 bits per heavy atom. The van der Waals surface area contributed by atoms with Crippen molar-refractivity contribution in [3.8, 4) is 28.6 Å². The lowest BCUT2D eigenvalue weighted by atomic mass is 10.0. The molecule has 3 aromatic rings. The summed E-state index contributed by atoms with van der Waals surface area (Å²) < 4.78 is 11.3. The van der Waals surface area contributed by atoms with Gasteiger partial charge in [-0.15, -0.1) is 0 Å². The number of benzene rings is 2. The van der Waals surface area contributed by atoms with Crippen LogP contribution in [-0.4, -0.2) is 64.1 Å². The van der Waals surface area contributed by atoms with Gasteiger partial charge in [-0.2, -0.15) is 4.98 Å². The number of nitrogens with two attached hydrogens (primary N) is 1. The normalized spacial score (nSPS) is 13.2. The van der Waals surface area contributed by atoms with Crippen LogP contribution < -0.4 is 10.5 Å². The molecule has 1 unspecified atom stereocenters. The third-order valence-electron chi connectivity index (χ3n) is 5.46. The molecule has 0 radical (unpaired) electrons. The summed E-state index contributed by atoms with van der Waals surface area (Å²) in [6.45, 7) is 6.60. The number of nitrogens with zero attached hydrogens (tertiary/aromatic N) is 3. The van der Waals surface area contributed by atoms with Gasteiger partial charge >= 0.3 is 0 Å². The average Bonchev–Trinajstić information content (AvgIpc) is 3.24. The first kappa shape index (κ1) is 25.4. The smallest absolute Gasteiger partial charge is 0.258 e. The monoisotopic (exact) mass is 468 g/mol. The Balaban J connectivity index is 1.74. The maximum atomic E-state index is 11.0. The fourth-order valence-electron chi connectivity index (χ4n) is 3.73. The molecule has 182 valence electrons. The molecule has 0 aliphatic carbocycles. The summed E-state index contributed by atoms with van der Waals surface area (Å²) in [4.78, 5) is 17.6. The zero-order valence-electron chi connectivity index (χ0n) is 20.2. The van der Waals surface area contributed by atoms with Gasteiger partial charge in [0.2, 0.25) is 11.7 Å². The molecule has 3 rings (SSSR count). The Morgan fingerprint density at radius 2 is 1.74 bits per heavy atom. The largest absolute Gasteiger partial charge is 0.490 e. The predicted molar refractivity (Wildman–Crippen MR) is 128 cm³/mol. The predicted octanol–water partition coefficient (Wildman–Crippen LogP) is 2.37. The molecule has 1 heterocycles. The van der Waals surface area contributed by atoms with Crippen molar-refractivity contribution < 1.29 is 24.3 Å². The van der Waals surface area contributed by atoms with Gasteiger partial charge < -0.3 is 30.1 Å². The quantitative estimate of drug-likeness (QED) is 0.413. The van der Waals surface area contributed by atoms with E-state index in [1.807, 2.05) is 52.2 Å². The van der Waals surface area contributed by atoms with E-state index < -0.39 is 18.1 Å². The minimum atomic E-state index is -1.41. The Morgan fingerprint density at radius 3 is 2.32 bits per heavy atom. The first-order valence-electron chi connectivity index (χ1n) is 11.0. The molecule has 0 saturated carbocycles. The summed E-state index contributed by atoms with van der Waals surface area (Å²) in [5, 5.41) is 23.7. The van der Waals surface area contributed by atoms with Crippen molar-refractivity contribution >= 4 is 5.91 Å². The molecule has 0 aliphatic heterocycles. The number of carbonyl (C=O) groups is 1. The van der Waals surface area contributed by atoms with Gasteiger partial charge in [0.1, 0.15) is 18.5 Å². The molecule has 34 heavy (non-hydrogen) atoms. The summed E-state index contributed by atoms with van der Waals surface area (Å²) in [7, 11) is 4.07. The van der Waals surface area contributed by atoms with E-state index in [1.54, 1.807) is 0 Å². The number of rotatable bonds is 10. The number of aromatic nitrogens is 2. The van der Waals surface area contributed by atoms with Crippen molar-refractivity contribution in [2.75, 3.05) is 20.7 Å². The Kier molecular flexibility index (Phi) is 8.03. The molecule has 2 aromatic carbocycles. The van der Waals surface area contributed by atoms with Crippen LogP contribution in [0.15, 0.2) is 34.9 Å². The highest BCUT2D eigenvalue weighted by atomic mass is 16.5. The Labute approximate surface area is 199 Å². The summed E-state index contributed by atoms with van der Waals surface area (Å²) in [5.41, 5.74) is 10.7. The maximum Gasteiger partial charge on any atom is 0.258 e. The number of aliphatic hydroxyl groups excluding tert-OH is 2. The molecule has 9 heteroatoms. The van der Waals surface area contributed by atoms with Crippen LogP contribution in [0.2, 0.25) is 0 Å². The second-order valence-electron chi connectivity index (χ2n) is 8.86. The van der Waals surface area contributed by atoms with Crippen LogP contribution in [0.25, 0.3) is 22.8 Å². The fourth-order valence-corrected chi connectivity index (χ4v) is 3.73. The molecular formula is C25H32N4O5. The second-order valence-corrected chi connectivity index (χ2v) is 8.86. The lowest BCUT2D eigenvalue weighted by molar-refractivity contribution is -0.127. The molecule has 9 nitrogen and oxygen atoms in total. The van der Waals surface area contributed by atoms with Gasteiger partial charge in [0.25, 0.3) is 5.89 Å². The molecule has 1 aromatic heterocycles. The second kappa shape index (κ2) is 10.8. The molecule has 0 fully saturated rings. The molecule has 0 saturated heterocycles. The summed E-state index contributed by atoms with van der Waals surface area (Å²) >= 11 is 0. The summed E-state index contributed by atoms with van der Waals surface area (Å²) in [6, 6.07) is 9.87. The maximum absolute atomic E-state index is 11.0. The SMILES string of the molecule is Cc1cc(-c2nc(-c3cc(C)c(OC[C@@H](O)CC(O)C(N)=O)c(C)c3)no2)ccc1CN(C)C. The van der Waals surface area contributed by atoms with Crippen LogP contribution in [0.1, 0.15) is 28.7 Å². The van der Waals surface area contributed by atoms with Crippen molar-refractivity contribution in [2.45, 2.75) is 45.9 Å². The van der Waals surface area contributed by atoms with Gasteiger partial charge in [0, 0.05) is 24.1 Å². The highest BCUT2D eigenvalue weighted by Crippen LogP contribution is 2.31. The van der Waals surface area contributed by atoms with E-state index in [9.17, 15) is 15.0 Å². The third kappa shape index (κ3) is 6.19. The number of hydrogen-bond acceptors (Lipinski definition) is 8. The Bertz CT molecular complexity index is 1130. The van der Waals surface area contributed by atoms with Gasteiger partial charge in [-0.1, -0.05) is 11.2 Å². The van der Waals surface area contributed by atoms with Gasteiger partial charge in [0.15, 0.2) is 0 Å². The van der Waals surface area contributed by atoms with Gasteiger partial charge in [-0.3, -0.25) is 4.79 Å². The minimum absolute atomic E-state index is 0.0824. The lowest BCUT2D eigenvalue weighted by Crippen LogP contribution is -2.33. The van der Waals surface area contributed by atoms with Gasteiger partial charge in [0.05, 0.1) is 6.10 Å². The van der Waals surface area contributed by atoms with Crippen LogP contribution in [0.5, 0.6) is 5.75 Å². The topological polar surface area (TPSA) is 135 Å². The van der Waals surface area contributed by atoms with Crippen LogP contribution in [-0.2, 0) is 11.3 Å². The minimum Gasteiger partial charge on any atom is -0.490 e. The van der Waals surface area contributed by atoms with Gasteiger partial charge in [-0.05, 0) is 81.4 Å². The van der Waals surface area contributed by atoms with Crippen molar-refractivity contribution in [1.29, 1.82) is 0 Å². The molecule has 1 amide bonds. The standard InChI is InChI=1S/C25H32N4O5/c1-14-8-17(6-7-18(14)12-29(4)5)25-27-24(28-34-25)19-9-15(2)22(16(3)10-19)33-13-20(30)11-21(31)23(26)32/h6-10,20-21,30-31H,11-13H2,1-5H3,(H2,26,32)/t20-,21?/m0/s1. The van der Waals surface area contributed by atoms with Crippen LogP contribution in [0.4, 0.5) is 0 Å². The highest BCUT2D eigenvalue weighted by Gasteiger charge is 2.19. The van der Waals surface area contributed by atoms with Crippen molar-refractivity contribution in [1.82, 2.24) is 15.0 Å². The number of primary amides is 1. The lowest BCUT2D eigenvalue weighted by Gasteiger charge is -2.17. The molecule has 0 bridgehead atoms. The molecule has 2 atom stereocenters. The van der Waals surface area contributed by atoms with Crippen LogP contribution >= 0.6 is 0 Å². The molecule has 0 spiro atoms. The van der Waals surface area contributed by atoms with E-state index in [4.69, 9.17) is 15.0 Å². The first-order chi connectivity index (χ1) is 16.0. The van der Waals surface area contributed by atoms with E-state index in [-0.39, 0.29) is 13.0 Å². The van der Waals surface area contributed by atoms with Gasteiger partial charge in [-0.25, -0.2) is 0 Å². The van der Waals surface area contributed by atoms with E-state index in [2.05, 4.69) is 28.0 Å².